The number of amides is 2. The number of nitrogen functional groups attached to an aromatic ring is 2. The van der Waals surface area contributed by atoms with Gasteiger partial charge in [0, 0.05) is 17.8 Å². The molecule has 0 saturated heterocycles. The molecular weight excluding hydrogens is 275 g/mol. The molecule has 0 fully saturated rings. The lowest BCUT2D eigenvalue weighted by atomic mass is 10.1. The first-order chi connectivity index (χ1) is 10.0. The number of carbonyl (C=O) groups excluding carboxylic acids is 1. The molecular formula is C13H15FN6O. The van der Waals surface area contributed by atoms with Gasteiger partial charge in [0.15, 0.2) is 11.6 Å². The monoisotopic (exact) mass is 290 g/mol. The van der Waals surface area contributed by atoms with Gasteiger partial charge < -0.3 is 22.1 Å². The SMILES string of the molecule is CCNC(=O)Nc1ccc(-c2nc(N)nc(N)c2F)cc1. The number of hydrogen-bond acceptors (Lipinski definition) is 5. The number of nitrogens with zero attached hydrogens (tertiary/aromatic N) is 2. The maximum absolute atomic E-state index is 13.9. The number of urea groups is 1. The Hall–Kier alpha value is -2.90. The van der Waals surface area contributed by atoms with Crippen molar-refractivity contribution < 1.29 is 9.18 Å². The Balaban J connectivity index is 2.25. The van der Waals surface area contributed by atoms with Crippen LogP contribution in [0.25, 0.3) is 11.3 Å². The van der Waals surface area contributed by atoms with Crippen molar-refractivity contribution >= 4 is 23.5 Å². The summed E-state index contributed by atoms with van der Waals surface area (Å²) in [5.41, 5.74) is 11.9. The molecule has 0 aliphatic heterocycles. The number of rotatable bonds is 3. The van der Waals surface area contributed by atoms with E-state index in [0.29, 0.717) is 17.8 Å². The van der Waals surface area contributed by atoms with E-state index < -0.39 is 5.82 Å². The van der Waals surface area contributed by atoms with Crippen LogP contribution >= 0.6 is 0 Å². The molecule has 0 aliphatic carbocycles. The van der Waals surface area contributed by atoms with E-state index >= 15 is 0 Å². The van der Waals surface area contributed by atoms with Crippen LogP contribution in [0, 0.1) is 5.82 Å². The summed E-state index contributed by atoms with van der Waals surface area (Å²) >= 11 is 0. The van der Waals surface area contributed by atoms with Gasteiger partial charge in [0.2, 0.25) is 5.95 Å². The number of aromatic nitrogens is 2. The third-order valence-corrected chi connectivity index (χ3v) is 2.65. The average molecular weight is 290 g/mol. The molecule has 2 amide bonds. The fraction of sp³-hybridized carbons (Fsp3) is 0.154. The zero-order valence-electron chi connectivity index (χ0n) is 11.4. The standard InChI is InChI=1S/C13H15FN6O/c1-2-17-13(21)18-8-5-3-7(4-6-8)10-9(14)11(15)20-12(16)19-10/h3-6H,2H2,1H3,(H2,17,18,21)(H4,15,16,19,20). The molecule has 0 bridgehead atoms. The van der Waals surface area contributed by atoms with Gasteiger partial charge in [-0.15, -0.1) is 0 Å². The van der Waals surface area contributed by atoms with Gasteiger partial charge >= 0.3 is 6.03 Å². The molecule has 8 heteroatoms. The number of nitrogens with one attached hydrogen (secondary N) is 2. The quantitative estimate of drug-likeness (QED) is 0.684. The normalized spacial score (nSPS) is 10.2. The van der Waals surface area contributed by atoms with Gasteiger partial charge in [0.05, 0.1) is 0 Å². The third kappa shape index (κ3) is 3.35. The van der Waals surface area contributed by atoms with Gasteiger partial charge in [-0.05, 0) is 19.1 Å². The van der Waals surface area contributed by atoms with Crippen LogP contribution < -0.4 is 22.1 Å². The van der Waals surface area contributed by atoms with Crippen molar-refractivity contribution in [2.24, 2.45) is 0 Å². The van der Waals surface area contributed by atoms with Crippen LogP contribution in [0.15, 0.2) is 24.3 Å². The second-order valence-corrected chi connectivity index (χ2v) is 4.19. The molecule has 0 atom stereocenters. The van der Waals surface area contributed by atoms with Crippen LogP contribution in [0.5, 0.6) is 0 Å². The Labute approximate surface area is 120 Å². The first-order valence-corrected chi connectivity index (χ1v) is 6.25. The summed E-state index contributed by atoms with van der Waals surface area (Å²) in [5.74, 6) is -1.14. The molecule has 1 heterocycles. The van der Waals surface area contributed by atoms with Crippen molar-refractivity contribution in [3.8, 4) is 11.3 Å². The molecule has 0 spiro atoms. The number of anilines is 3. The number of halogens is 1. The van der Waals surface area contributed by atoms with Crippen molar-refractivity contribution in [3.63, 3.8) is 0 Å². The second kappa shape index (κ2) is 6.04. The van der Waals surface area contributed by atoms with E-state index in [1.807, 2.05) is 6.92 Å². The minimum Gasteiger partial charge on any atom is -0.381 e. The average Bonchev–Trinajstić information content (AvgIpc) is 2.44. The lowest BCUT2D eigenvalue weighted by molar-refractivity contribution is 0.252. The smallest absolute Gasteiger partial charge is 0.319 e. The van der Waals surface area contributed by atoms with Crippen molar-refractivity contribution in [1.82, 2.24) is 15.3 Å². The highest BCUT2D eigenvalue weighted by Gasteiger charge is 2.13. The zero-order valence-corrected chi connectivity index (χ0v) is 11.4. The van der Waals surface area contributed by atoms with E-state index in [9.17, 15) is 9.18 Å². The predicted molar refractivity (Wildman–Crippen MR) is 78.9 cm³/mol. The fourth-order valence-electron chi connectivity index (χ4n) is 1.72. The van der Waals surface area contributed by atoms with Crippen LogP contribution in [0.1, 0.15) is 6.92 Å². The van der Waals surface area contributed by atoms with Crippen LogP contribution in [0.4, 0.5) is 26.6 Å². The van der Waals surface area contributed by atoms with Crippen LogP contribution in [-0.4, -0.2) is 22.5 Å². The highest BCUT2D eigenvalue weighted by atomic mass is 19.1. The highest BCUT2D eigenvalue weighted by molar-refractivity contribution is 5.89. The molecule has 110 valence electrons. The van der Waals surface area contributed by atoms with Crippen molar-refractivity contribution in [1.29, 1.82) is 0 Å². The molecule has 21 heavy (non-hydrogen) atoms. The molecule has 6 N–H and O–H groups in total. The molecule has 7 nitrogen and oxygen atoms in total. The van der Waals surface area contributed by atoms with Gasteiger partial charge in [0.1, 0.15) is 5.69 Å². The van der Waals surface area contributed by atoms with E-state index in [-0.39, 0.29) is 23.5 Å². The van der Waals surface area contributed by atoms with Crippen LogP contribution in [0.3, 0.4) is 0 Å². The Morgan fingerprint density at radius 2 is 1.90 bits per heavy atom. The van der Waals surface area contributed by atoms with E-state index in [2.05, 4.69) is 20.6 Å². The number of carbonyl (C=O) groups is 1. The fourth-order valence-corrected chi connectivity index (χ4v) is 1.72. The van der Waals surface area contributed by atoms with Crippen molar-refractivity contribution in [2.75, 3.05) is 23.3 Å². The molecule has 2 rings (SSSR count). The Bertz CT molecular complexity index is 658. The van der Waals surface area contributed by atoms with E-state index in [1.54, 1.807) is 24.3 Å². The molecule has 1 aromatic heterocycles. The topological polar surface area (TPSA) is 119 Å². The molecule has 0 saturated carbocycles. The Morgan fingerprint density at radius 1 is 1.24 bits per heavy atom. The summed E-state index contributed by atoms with van der Waals surface area (Å²) in [4.78, 5) is 18.8. The van der Waals surface area contributed by atoms with Crippen LogP contribution in [-0.2, 0) is 0 Å². The van der Waals surface area contributed by atoms with E-state index in [1.165, 1.54) is 0 Å². The first-order valence-electron chi connectivity index (χ1n) is 6.25. The van der Waals surface area contributed by atoms with Gasteiger partial charge in [0.25, 0.3) is 0 Å². The third-order valence-electron chi connectivity index (χ3n) is 2.65. The summed E-state index contributed by atoms with van der Waals surface area (Å²) in [6, 6.07) is 6.14. The maximum atomic E-state index is 13.9. The molecule has 2 aromatic rings. The molecule has 0 radical (unpaired) electrons. The van der Waals surface area contributed by atoms with E-state index in [4.69, 9.17) is 11.5 Å². The predicted octanol–water partition coefficient (Wildman–Crippen LogP) is 1.59. The maximum Gasteiger partial charge on any atom is 0.319 e. The number of nitrogens with two attached hydrogens (primary N) is 2. The Morgan fingerprint density at radius 3 is 2.52 bits per heavy atom. The second-order valence-electron chi connectivity index (χ2n) is 4.19. The lowest BCUT2D eigenvalue weighted by Crippen LogP contribution is -2.28. The zero-order chi connectivity index (χ0) is 15.4. The Kier molecular flexibility index (Phi) is 4.17. The summed E-state index contributed by atoms with van der Waals surface area (Å²) < 4.78 is 13.9. The van der Waals surface area contributed by atoms with Gasteiger partial charge in [-0.25, -0.2) is 14.2 Å². The molecule has 0 unspecified atom stereocenters. The summed E-state index contributed by atoms with van der Waals surface area (Å²) in [6.45, 7) is 2.34. The van der Waals surface area contributed by atoms with Gasteiger partial charge in [-0.3, -0.25) is 0 Å². The number of hydrogen-bond donors (Lipinski definition) is 4. The van der Waals surface area contributed by atoms with Crippen molar-refractivity contribution in [3.05, 3.63) is 30.1 Å². The first kappa shape index (κ1) is 14.5. The van der Waals surface area contributed by atoms with E-state index in [0.717, 1.165) is 0 Å². The largest absolute Gasteiger partial charge is 0.381 e. The van der Waals surface area contributed by atoms with Gasteiger partial charge in [-0.1, -0.05) is 12.1 Å². The lowest BCUT2D eigenvalue weighted by Gasteiger charge is -2.08. The van der Waals surface area contributed by atoms with Gasteiger partial charge in [-0.2, -0.15) is 4.98 Å². The summed E-state index contributed by atoms with van der Waals surface area (Å²) in [5, 5.41) is 5.23. The molecule has 0 aliphatic rings. The van der Waals surface area contributed by atoms with Crippen LogP contribution in [0.2, 0.25) is 0 Å². The molecule has 1 aromatic carbocycles. The van der Waals surface area contributed by atoms with Crippen molar-refractivity contribution in [2.45, 2.75) is 6.92 Å². The highest BCUT2D eigenvalue weighted by Crippen LogP contribution is 2.25. The summed E-state index contributed by atoms with van der Waals surface area (Å²) in [6.07, 6.45) is 0. The minimum atomic E-state index is -0.728. The summed E-state index contributed by atoms with van der Waals surface area (Å²) in [7, 11) is 0. The minimum absolute atomic E-state index is 0.0181. The number of benzene rings is 1.